The molecular weight excluding hydrogens is 462 g/mol. The van der Waals surface area contributed by atoms with Crippen LogP contribution in [0.15, 0.2) is 77.9 Å². The maximum atomic E-state index is 12.3. The Bertz CT molecular complexity index is 1240. The van der Waals surface area contributed by atoms with Gasteiger partial charge in [-0.15, -0.1) is 0 Å². The standard InChI is InChI=1S/C24H24ClN3O4S/c1-18-5-3-8-22(13-18)28(33(2,30)31)16-24(29)27-26-15-19-9-11-23(12-10-19)32-17-20-6-4-7-21(25)14-20/h3-15H,16-17H2,1-2H3,(H,27,29)/b26-15-. The van der Waals surface area contributed by atoms with Gasteiger partial charge in [0.2, 0.25) is 10.0 Å². The van der Waals surface area contributed by atoms with Crippen LogP contribution in [0.5, 0.6) is 5.75 Å². The maximum absolute atomic E-state index is 12.3. The SMILES string of the molecule is Cc1cccc(N(CC(=O)N/N=C\c2ccc(OCc3cccc(Cl)c3)cc2)S(C)(=O)=O)c1. The molecule has 0 aliphatic heterocycles. The minimum absolute atomic E-state index is 0.379. The van der Waals surface area contributed by atoms with Gasteiger partial charge >= 0.3 is 0 Å². The molecule has 1 N–H and O–H groups in total. The van der Waals surface area contributed by atoms with Gasteiger partial charge in [0.1, 0.15) is 18.9 Å². The van der Waals surface area contributed by atoms with E-state index in [1.807, 2.05) is 31.2 Å². The first-order valence-corrected chi connectivity index (χ1v) is 12.3. The summed E-state index contributed by atoms with van der Waals surface area (Å²) in [4.78, 5) is 12.3. The molecule has 3 aromatic rings. The van der Waals surface area contributed by atoms with Gasteiger partial charge in [-0.05, 0) is 72.1 Å². The molecule has 0 radical (unpaired) electrons. The molecule has 0 bridgehead atoms. The number of nitrogens with zero attached hydrogens (tertiary/aromatic N) is 2. The van der Waals surface area contributed by atoms with E-state index in [0.29, 0.717) is 23.1 Å². The zero-order valence-electron chi connectivity index (χ0n) is 18.2. The quantitative estimate of drug-likeness (QED) is 0.364. The van der Waals surface area contributed by atoms with Gasteiger partial charge in [0.15, 0.2) is 0 Å². The van der Waals surface area contributed by atoms with Crippen molar-refractivity contribution in [2.45, 2.75) is 13.5 Å². The van der Waals surface area contributed by atoms with Gasteiger partial charge < -0.3 is 4.74 Å². The number of anilines is 1. The minimum Gasteiger partial charge on any atom is -0.489 e. The third-order valence-electron chi connectivity index (χ3n) is 4.55. The Morgan fingerprint density at radius 2 is 1.82 bits per heavy atom. The summed E-state index contributed by atoms with van der Waals surface area (Å²) < 4.78 is 31.1. The molecule has 0 aliphatic rings. The lowest BCUT2D eigenvalue weighted by molar-refractivity contribution is -0.119. The minimum atomic E-state index is -3.64. The number of carbonyl (C=O) groups excluding carboxylic acids is 1. The van der Waals surface area contributed by atoms with Crippen molar-refractivity contribution in [1.82, 2.24) is 5.43 Å². The third kappa shape index (κ3) is 7.62. The molecule has 0 saturated heterocycles. The van der Waals surface area contributed by atoms with Crippen LogP contribution in [0.25, 0.3) is 0 Å². The van der Waals surface area contributed by atoms with E-state index in [2.05, 4.69) is 10.5 Å². The van der Waals surface area contributed by atoms with Crippen LogP contribution < -0.4 is 14.5 Å². The molecule has 172 valence electrons. The number of carbonyl (C=O) groups is 1. The summed E-state index contributed by atoms with van der Waals surface area (Å²) in [6.07, 6.45) is 2.53. The van der Waals surface area contributed by atoms with Crippen LogP contribution in [0.4, 0.5) is 5.69 Å². The van der Waals surface area contributed by atoms with Crippen LogP contribution in [0, 0.1) is 6.92 Å². The lowest BCUT2D eigenvalue weighted by Gasteiger charge is -2.21. The van der Waals surface area contributed by atoms with Gasteiger partial charge in [-0.1, -0.05) is 35.9 Å². The van der Waals surface area contributed by atoms with Crippen LogP contribution in [-0.4, -0.2) is 33.3 Å². The Morgan fingerprint density at radius 1 is 1.09 bits per heavy atom. The highest BCUT2D eigenvalue weighted by molar-refractivity contribution is 7.92. The van der Waals surface area contributed by atoms with E-state index in [9.17, 15) is 13.2 Å². The molecule has 33 heavy (non-hydrogen) atoms. The first-order chi connectivity index (χ1) is 15.7. The average molecular weight is 486 g/mol. The molecule has 0 spiro atoms. The van der Waals surface area contributed by atoms with Crippen LogP contribution in [0.3, 0.4) is 0 Å². The summed E-state index contributed by atoms with van der Waals surface area (Å²) in [6, 6.07) is 21.5. The number of amides is 1. The number of hydrazone groups is 1. The summed E-state index contributed by atoms with van der Waals surface area (Å²) in [5.41, 5.74) is 5.38. The lowest BCUT2D eigenvalue weighted by atomic mass is 10.2. The molecule has 0 aromatic heterocycles. The monoisotopic (exact) mass is 485 g/mol. The maximum Gasteiger partial charge on any atom is 0.260 e. The molecule has 3 rings (SSSR count). The number of nitrogens with one attached hydrogen (secondary N) is 1. The Balaban J connectivity index is 1.54. The molecule has 0 fully saturated rings. The number of sulfonamides is 1. The molecule has 3 aromatic carbocycles. The largest absolute Gasteiger partial charge is 0.489 e. The van der Waals surface area contributed by atoms with E-state index in [-0.39, 0.29) is 6.54 Å². The summed E-state index contributed by atoms with van der Waals surface area (Å²) in [6.45, 7) is 1.86. The summed E-state index contributed by atoms with van der Waals surface area (Å²) in [5.74, 6) is 0.123. The fourth-order valence-corrected chi connectivity index (χ4v) is 4.03. The van der Waals surface area contributed by atoms with Crippen LogP contribution in [0.1, 0.15) is 16.7 Å². The number of halogens is 1. The Labute approximate surface area is 198 Å². The van der Waals surface area contributed by atoms with Crippen molar-refractivity contribution < 1.29 is 17.9 Å². The van der Waals surface area contributed by atoms with Crippen molar-refractivity contribution in [3.05, 3.63) is 94.5 Å². The molecule has 9 heteroatoms. The topological polar surface area (TPSA) is 88.1 Å². The number of hydrogen-bond acceptors (Lipinski definition) is 5. The Morgan fingerprint density at radius 3 is 2.48 bits per heavy atom. The fourth-order valence-electron chi connectivity index (χ4n) is 2.97. The molecule has 0 aliphatic carbocycles. The van der Waals surface area contributed by atoms with E-state index >= 15 is 0 Å². The molecule has 0 heterocycles. The highest BCUT2D eigenvalue weighted by atomic mass is 35.5. The van der Waals surface area contributed by atoms with Crippen LogP contribution in [0.2, 0.25) is 5.02 Å². The van der Waals surface area contributed by atoms with Crippen molar-refractivity contribution in [2.75, 3.05) is 17.1 Å². The van der Waals surface area contributed by atoms with E-state index in [1.165, 1.54) is 6.21 Å². The zero-order chi connectivity index (χ0) is 23.8. The third-order valence-corrected chi connectivity index (χ3v) is 5.93. The number of ether oxygens (including phenoxy) is 1. The zero-order valence-corrected chi connectivity index (χ0v) is 19.8. The number of aryl methyl sites for hydroxylation is 1. The molecular formula is C24H24ClN3O4S. The van der Waals surface area contributed by atoms with Crippen molar-refractivity contribution >= 4 is 39.4 Å². The highest BCUT2D eigenvalue weighted by Crippen LogP contribution is 2.19. The van der Waals surface area contributed by atoms with Gasteiger partial charge in [-0.3, -0.25) is 9.10 Å². The lowest BCUT2D eigenvalue weighted by Crippen LogP contribution is -2.39. The first kappa shape index (κ1) is 24.3. The average Bonchev–Trinajstić information content (AvgIpc) is 2.76. The van der Waals surface area contributed by atoms with E-state index < -0.39 is 15.9 Å². The fraction of sp³-hybridized carbons (Fsp3) is 0.167. The van der Waals surface area contributed by atoms with Gasteiger partial charge in [-0.25, -0.2) is 13.8 Å². The second-order valence-corrected chi connectivity index (χ2v) is 9.73. The van der Waals surface area contributed by atoms with Gasteiger partial charge in [-0.2, -0.15) is 5.10 Å². The smallest absolute Gasteiger partial charge is 0.260 e. The van der Waals surface area contributed by atoms with Crippen molar-refractivity contribution in [3.8, 4) is 5.75 Å². The number of rotatable bonds is 9. The second kappa shape index (κ2) is 11.0. The molecule has 0 unspecified atom stereocenters. The Hall–Kier alpha value is -3.36. The summed E-state index contributed by atoms with van der Waals surface area (Å²) in [5, 5.41) is 4.58. The van der Waals surface area contributed by atoms with Crippen LogP contribution >= 0.6 is 11.6 Å². The van der Waals surface area contributed by atoms with Gasteiger partial charge in [0, 0.05) is 5.02 Å². The van der Waals surface area contributed by atoms with Crippen molar-refractivity contribution in [2.24, 2.45) is 5.10 Å². The second-order valence-electron chi connectivity index (χ2n) is 7.39. The molecule has 0 atom stereocenters. The predicted octanol–water partition coefficient (Wildman–Crippen LogP) is 4.14. The normalized spacial score (nSPS) is 11.4. The highest BCUT2D eigenvalue weighted by Gasteiger charge is 2.20. The van der Waals surface area contributed by atoms with E-state index in [0.717, 1.165) is 27.3 Å². The van der Waals surface area contributed by atoms with Gasteiger partial charge in [0.25, 0.3) is 5.91 Å². The molecule has 1 amide bonds. The van der Waals surface area contributed by atoms with E-state index in [4.69, 9.17) is 16.3 Å². The number of hydrogen-bond donors (Lipinski definition) is 1. The van der Waals surface area contributed by atoms with Gasteiger partial charge in [0.05, 0.1) is 18.2 Å². The number of benzene rings is 3. The predicted molar refractivity (Wildman–Crippen MR) is 131 cm³/mol. The van der Waals surface area contributed by atoms with E-state index in [1.54, 1.807) is 48.5 Å². The van der Waals surface area contributed by atoms with Crippen molar-refractivity contribution in [3.63, 3.8) is 0 Å². The Kier molecular flexibility index (Phi) is 8.08. The summed E-state index contributed by atoms with van der Waals surface area (Å²) >= 11 is 5.97. The van der Waals surface area contributed by atoms with Crippen molar-refractivity contribution in [1.29, 1.82) is 0 Å². The van der Waals surface area contributed by atoms with Crippen LogP contribution in [-0.2, 0) is 21.4 Å². The summed E-state index contributed by atoms with van der Waals surface area (Å²) in [7, 11) is -3.64. The molecule has 7 nitrogen and oxygen atoms in total. The first-order valence-electron chi connectivity index (χ1n) is 10.0. The molecule has 0 saturated carbocycles.